The Morgan fingerprint density at radius 2 is 1.19 bits per heavy atom. The molecule has 0 aromatic heterocycles. The average molecular weight is 757 g/mol. The summed E-state index contributed by atoms with van der Waals surface area (Å²) in [4.78, 5) is 69.4. The maximum atomic E-state index is 15.0. The molecule has 1 saturated heterocycles. The lowest BCUT2D eigenvalue weighted by Crippen LogP contribution is -2.61. The lowest BCUT2D eigenvalue weighted by atomic mass is 9.47. The first-order valence-corrected chi connectivity index (χ1v) is 20.7. The van der Waals surface area contributed by atoms with E-state index in [1.54, 1.807) is 20.8 Å². The second-order valence-electron chi connectivity index (χ2n) is 21.1. The number of carboxylic acid groups (broad SMARTS) is 1. The van der Waals surface area contributed by atoms with Gasteiger partial charge in [-0.1, -0.05) is 13.8 Å². The van der Waals surface area contributed by atoms with Gasteiger partial charge in [0.2, 0.25) is 0 Å². The van der Waals surface area contributed by atoms with E-state index in [0.29, 0.717) is 71.0 Å². The van der Waals surface area contributed by atoms with Gasteiger partial charge in [0.05, 0.1) is 52.8 Å². The van der Waals surface area contributed by atoms with E-state index in [4.69, 9.17) is 23.7 Å². The van der Waals surface area contributed by atoms with Crippen LogP contribution >= 0.6 is 0 Å². The molecule has 11 nitrogen and oxygen atoms in total. The summed E-state index contributed by atoms with van der Waals surface area (Å²) in [6.45, 7) is 12.5. The molecular weight excluding hydrogens is 692 g/mol. The molecule has 8 bridgehead atoms. The molecule has 0 aromatic rings. The Bertz CT molecular complexity index is 1530. The molecule has 1 heterocycles. The van der Waals surface area contributed by atoms with Crippen molar-refractivity contribution in [1.82, 2.24) is 0 Å². The first-order valence-electron chi connectivity index (χ1n) is 20.7. The Morgan fingerprint density at radius 1 is 0.685 bits per heavy atom. The Kier molecular flexibility index (Phi) is 9.66. The molecule has 0 spiro atoms. The number of carbonyl (C=O) groups is 5. The van der Waals surface area contributed by atoms with Crippen LogP contribution in [-0.2, 0) is 47.7 Å². The van der Waals surface area contributed by atoms with Crippen molar-refractivity contribution < 1.29 is 52.8 Å². The van der Waals surface area contributed by atoms with E-state index < -0.39 is 62.2 Å². The maximum Gasteiger partial charge on any atom is 0.312 e. The molecule has 0 radical (unpaired) electrons. The molecule has 0 aromatic carbocycles. The van der Waals surface area contributed by atoms with E-state index in [1.165, 1.54) is 7.11 Å². The molecule has 9 rings (SSSR count). The summed E-state index contributed by atoms with van der Waals surface area (Å²) in [5.41, 5.74) is -6.98. The van der Waals surface area contributed by atoms with Crippen molar-refractivity contribution in [2.45, 2.75) is 155 Å². The van der Waals surface area contributed by atoms with Crippen LogP contribution in [0.3, 0.4) is 0 Å². The van der Waals surface area contributed by atoms with Gasteiger partial charge in [-0.3, -0.25) is 24.0 Å². The van der Waals surface area contributed by atoms with Gasteiger partial charge in [-0.05, 0) is 141 Å². The smallest absolute Gasteiger partial charge is 0.312 e. The largest absolute Gasteiger partial charge is 0.481 e. The number of aliphatic carboxylic acids is 1. The fraction of sp³-hybridized carbons (Fsp3) is 0.884. The highest BCUT2D eigenvalue weighted by Gasteiger charge is 2.65. The van der Waals surface area contributed by atoms with E-state index in [-0.39, 0.29) is 54.5 Å². The third kappa shape index (κ3) is 6.67. The van der Waals surface area contributed by atoms with Gasteiger partial charge in [0.15, 0.2) is 0 Å². The highest BCUT2D eigenvalue weighted by atomic mass is 16.6. The van der Waals surface area contributed by atoms with Crippen molar-refractivity contribution in [1.29, 1.82) is 0 Å². The third-order valence-corrected chi connectivity index (χ3v) is 15.7. The van der Waals surface area contributed by atoms with E-state index in [1.807, 2.05) is 13.8 Å². The van der Waals surface area contributed by atoms with Gasteiger partial charge < -0.3 is 28.8 Å². The molecule has 6 unspecified atom stereocenters. The normalized spacial score (nSPS) is 39.1. The molecule has 8 aliphatic carbocycles. The zero-order chi connectivity index (χ0) is 39.2. The molecule has 8 saturated carbocycles. The molecule has 1 aliphatic heterocycles. The molecule has 9 aliphatic rings. The summed E-state index contributed by atoms with van der Waals surface area (Å²) in [6.07, 6.45) is 9.49. The van der Waals surface area contributed by atoms with Crippen LogP contribution in [0.1, 0.15) is 144 Å². The van der Waals surface area contributed by atoms with Gasteiger partial charge in [-0.2, -0.15) is 0 Å². The van der Waals surface area contributed by atoms with Crippen molar-refractivity contribution in [2.75, 3.05) is 26.9 Å². The Balaban J connectivity index is 1.16. The maximum absolute atomic E-state index is 15.0. The summed E-state index contributed by atoms with van der Waals surface area (Å²) in [6, 6.07) is 0. The number of hydrogen-bond donors (Lipinski definition) is 1. The van der Waals surface area contributed by atoms with Crippen LogP contribution < -0.4 is 0 Å². The highest BCUT2D eigenvalue weighted by molar-refractivity contribution is 5.84. The monoisotopic (exact) mass is 756 g/mol. The topological polar surface area (TPSA) is 152 Å². The number of esters is 4. The van der Waals surface area contributed by atoms with Gasteiger partial charge in [0.25, 0.3) is 0 Å². The van der Waals surface area contributed by atoms with Crippen LogP contribution in [0.4, 0.5) is 0 Å². The summed E-state index contributed by atoms with van der Waals surface area (Å²) >= 11 is 0. The van der Waals surface area contributed by atoms with Crippen molar-refractivity contribution in [3.05, 3.63) is 0 Å². The van der Waals surface area contributed by atoms with Gasteiger partial charge >= 0.3 is 29.8 Å². The quantitative estimate of drug-likeness (QED) is 0.133. The van der Waals surface area contributed by atoms with Gasteiger partial charge in [0.1, 0.15) is 17.8 Å². The fourth-order valence-electron chi connectivity index (χ4n) is 13.6. The number of carbonyl (C=O) groups excluding carboxylic acids is 4. The minimum atomic E-state index is -1.32. The number of carboxylic acids is 1. The standard InChI is InChI=1S/C43H64O11/c1-8-37(5,33(47)52-26-39(9-2)24-51-25-39)21-38(6,34(48)54-43-18-29-11-30(19-43)15-41(14-29,23-43)35(49)50-7)20-36(3,4)32(46)53-42-16-27-10-28(17-42)13-40(12-27,22-42)31(44)45/h27-30H,8-26H2,1-7H3,(H,44,45). The van der Waals surface area contributed by atoms with Crippen LogP contribution in [0.5, 0.6) is 0 Å². The van der Waals surface area contributed by atoms with Crippen molar-refractivity contribution in [2.24, 2.45) is 56.2 Å². The second kappa shape index (κ2) is 13.2. The van der Waals surface area contributed by atoms with Gasteiger partial charge in [-0.25, -0.2) is 0 Å². The summed E-state index contributed by atoms with van der Waals surface area (Å²) in [5.74, 6) is -1.44. The average Bonchev–Trinajstić information content (AvgIpc) is 3.05. The third-order valence-electron chi connectivity index (χ3n) is 15.7. The van der Waals surface area contributed by atoms with Crippen LogP contribution in [0.2, 0.25) is 0 Å². The van der Waals surface area contributed by atoms with E-state index in [0.717, 1.165) is 32.1 Å². The first kappa shape index (κ1) is 39.5. The Hall–Kier alpha value is -2.69. The van der Waals surface area contributed by atoms with Gasteiger partial charge in [0, 0.05) is 12.8 Å². The molecule has 6 atom stereocenters. The van der Waals surface area contributed by atoms with Crippen LogP contribution in [0.15, 0.2) is 0 Å². The van der Waals surface area contributed by atoms with E-state index in [2.05, 4.69) is 6.92 Å². The lowest BCUT2D eigenvalue weighted by Gasteiger charge is -2.60. The molecule has 302 valence electrons. The lowest BCUT2D eigenvalue weighted by molar-refractivity contribution is -0.222. The number of hydrogen-bond acceptors (Lipinski definition) is 10. The molecule has 1 N–H and O–H groups in total. The van der Waals surface area contributed by atoms with Crippen LogP contribution in [0.25, 0.3) is 0 Å². The number of rotatable bonds is 15. The van der Waals surface area contributed by atoms with Crippen molar-refractivity contribution >= 4 is 29.8 Å². The fourth-order valence-corrected chi connectivity index (χ4v) is 13.6. The number of ether oxygens (including phenoxy) is 5. The predicted molar refractivity (Wildman–Crippen MR) is 196 cm³/mol. The minimum Gasteiger partial charge on any atom is -0.481 e. The number of methoxy groups -OCH3 is 1. The van der Waals surface area contributed by atoms with Crippen LogP contribution in [0, 0.1) is 56.2 Å². The van der Waals surface area contributed by atoms with Gasteiger partial charge in [-0.15, -0.1) is 0 Å². The summed E-state index contributed by atoms with van der Waals surface area (Å²) in [7, 11) is 1.42. The highest BCUT2D eigenvalue weighted by Crippen LogP contribution is 2.65. The molecule has 9 fully saturated rings. The minimum absolute atomic E-state index is 0.0470. The Morgan fingerprint density at radius 3 is 1.63 bits per heavy atom. The second-order valence-corrected chi connectivity index (χ2v) is 21.1. The van der Waals surface area contributed by atoms with E-state index >= 15 is 4.79 Å². The predicted octanol–water partition coefficient (Wildman–Crippen LogP) is 7.21. The zero-order valence-electron chi connectivity index (χ0n) is 33.8. The molecule has 11 heteroatoms. The van der Waals surface area contributed by atoms with Crippen molar-refractivity contribution in [3.63, 3.8) is 0 Å². The van der Waals surface area contributed by atoms with E-state index in [9.17, 15) is 24.3 Å². The Labute approximate surface area is 320 Å². The summed E-state index contributed by atoms with van der Waals surface area (Å²) in [5, 5.41) is 10.3. The first-order chi connectivity index (χ1) is 25.2. The zero-order valence-corrected chi connectivity index (χ0v) is 33.8. The van der Waals surface area contributed by atoms with Crippen LogP contribution in [-0.4, -0.2) is 73.1 Å². The SMILES string of the molecule is CCC1(COC(=O)C(C)(CC)CC(C)(CC(C)(C)C(=O)OC23CC4CC(C2)CC(C(=O)O)(C4)C3)C(=O)OC23CC4CC(C2)CC(C(=O)OC)(C4)C3)COC1. The molecular formula is C43H64O11. The molecule has 54 heavy (non-hydrogen) atoms. The summed E-state index contributed by atoms with van der Waals surface area (Å²) < 4.78 is 30.0. The van der Waals surface area contributed by atoms with Crippen molar-refractivity contribution in [3.8, 4) is 0 Å². The molecule has 0 amide bonds.